The summed E-state index contributed by atoms with van der Waals surface area (Å²) in [5.74, 6) is 0.401. The molecule has 0 spiro atoms. The van der Waals surface area contributed by atoms with Crippen LogP contribution < -0.4 is 10.1 Å². The number of carbonyl (C=O) groups is 2. The molecule has 2 atom stereocenters. The van der Waals surface area contributed by atoms with E-state index in [9.17, 15) is 9.59 Å². The van der Waals surface area contributed by atoms with E-state index in [1.54, 1.807) is 24.1 Å². The van der Waals surface area contributed by atoms with Gasteiger partial charge in [0.15, 0.2) is 0 Å². The first kappa shape index (κ1) is 25.1. The van der Waals surface area contributed by atoms with Crippen molar-refractivity contribution in [3.63, 3.8) is 0 Å². The van der Waals surface area contributed by atoms with Gasteiger partial charge in [0.05, 0.1) is 12.5 Å². The largest absolute Gasteiger partial charge is 0.494 e. The van der Waals surface area contributed by atoms with Crippen LogP contribution in [-0.4, -0.2) is 42.1 Å². The van der Waals surface area contributed by atoms with Gasteiger partial charge >= 0.3 is 0 Å². The highest BCUT2D eigenvalue weighted by Crippen LogP contribution is 2.22. The number of amides is 2. The van der Waals surface area contributed by atoms with Crippen LogP contribution >= 0.6 is 0 Å². The monoisotopic (exact) mass is 437 g/mol. The van der Waals surface area contributed by atoms with E-state index in [1.807, 2.05) is 50.2 Å². The Balaban J connectivity index is 1.92. The number of anilines is 1. The molecule has 0 bridgehead atoms. The lowest BCUT2D eigenvalue weighted by Crippen LogP contribution is -2.34. The number of hydrogen-bond acceptors (Lipinski definition) is 4. The normalized spacial score (nSPS) is 12.5. The van der Waals surface area contributed by atoms with Crippen molar-refractivity contribution in [3.8, 4) is 5.75 Å². The summed E-state index contributed by atoms with van der Waals surface area (Å²) in [6.07, 6.45) is 2.58. The van der Waals surface area contributed by atoms with Crippen LogP contribution in [0.25, 0.3) is 0 Å². The fourth-order valence-corrected chi connectivity index (χ4v) is 3.20. The van der Waals surface area contributed by atoms with Crippen LogP contribution in [0.2, 0.25) is 0 Å². The van der Waals surface area contributed by atoms with E-state index >= 15 is 0 Å². The Morgan fingerprint density at radius 1 is 1.06 bits per heavy atom. The molecule has 6 nitrogen and oxygen atoms in total. The van der Waals surface area contributed by atoms with Crippen molar-refractivity contribution in [2.45, 2.75) is 58.9 Å². The number of carbonyl (C=O) groups excluding carboxylic acids is 2. The summed E-state index contributed by atoms with van der Waals surface area (Å²) in [7, 11) is 1.74. The van der Waals surface area contributed by atoms with Gasteiger partial charge in [-0.3, -0.25) is 9.59 Å². The average Bonchev–Trinajstić information content (AvgIpc) is 2.79. The molecule has 2 rings (SSSR count). The topological polar surface area (TPSA) is 82.5 Å². The molecule has 0 aliphatic carbocycles. The van der Waals surface area contributed by atoms with Gasteiger partial charge in [-0.15, -0.1) is 0 Å². The van der Waals surface area contributed by atoms with Gasteiger partial charge < -0.3 is 20.4 Å². The van der Waals surface area contributed by atoms with Gasteiger partial charge in [0.25, 0.3) is 0 Å². The number of nitrogens with zero attached hydrogens (tertiary/aromatic N) is 1. The summed E-state index contributed by atoms with van der Waals surface area (Å²) >= 11 is 0. The van der Waals surface area contributed by atoms with Crippen LogP contribution in [-0.2, 0) is 9.59 Å². The second kappa shape index (κ2) is 12.0. The maximum Gasteiger partial charge on any atom is 0.231 e. The van der Waals surface area contributed by atoms with E-state index in [4.69, 9.17) is 10.1 Å². The Bertz CT molecular complexity index is 907. The highest BCUT2D eigenvalue weighted by molar-refractivity contribution is 6.00. The Hall–Kier alpha value is -3.15. The van der Waals surface area contributed by atoms with E-state index < -0.39 is 0 Å². The van der Waals surface area contributed by atoms with Crippen molar-refractivity contribution in [1.82, 2.24) is 4.90 Å². The molecule has 32 heavy (non-hydrogen) atoms. The van der Waals surface area contributed by atoms with Crippen molar-refractivity contribution in [1.29, 1.82) is 5.41 Å². The van der Waals surface area contributed by atoms with Gasteiger partial charge in [0.1, 0.15) is 5.75 Å². The number of unbranched alkanes of at least 4 members (excludes halogenated alkanes) is 1. The summed E-state index contributed by atoms with van der Waals surface area (Å²) in [5, 5.41) is 11.3. The molecule has 0 radical (unpaired) electrons. The minimum absolute atomic E-state index is 0.0175. The summed E-state index contributed by atoms with van der Waals surface area (Å²) in [5.41, 5.74) is 2.84. The first-order valence-corrected chi connectivity index (χ1v) is 11.2. The van der Waals surface area contributed by atoms with Crippen molar-refractivity contribution >= 4 is 23.2 Å². The predicted molar refractivity (Wildman–Crippen MR) is 130 cm³/mol. The van der Waals surface area contributed by atoms with Crippen molar-refractivity contribution < 1.29 is 14.3 Å². The number of rotatable bonds is 11. The van der Waals surface area contributed by atoms with Gasteiger partial charge in [-0.1, -0.05) is 37.6 Å². The van der Waals surface area contributed by atoms with Gasteiger partial charge in [-0.2, -0.15) is 0 Å². The standard InChI is InChI=1S/C26H35N3O3/c1-6-7-16-32-24-14-10-21(11-15-24)19(3)26(31)28-23-12-8-22(9-13-23)25(27)17-18(2)29(5)20(4)30/h8-15,18-19,27H,6-7,16-17H2,1-5H3,(H,28,31). The molecule has 2 unspecified atom stereocenters. The fourth-order valence-electron chi connectivity index (χ4n) is 3.20. The van der Waals surface area contributed by atoms with E-state index in [1.165, 1.54) is 6.92 Å². The molecule has 2 aromatic rings. The molecule has 0 aliphatic heterocycles. The molecule has 0 fully saturated rings. The van der Waals surface area contributed by atoms with Gasteiger partial charge in [-0.25, -0.2) is 0 Å². The summed E-state index contributed by atoms with van der Waals surface area (Å²) in [6.45, 7) is 8.15. The van der Waals surface area contributed by atoms with E-state index in [0.717, 1.165) is 29.7 Å². The molecule has 0 saturated carbocycles. The quantitative estimate of drug-likeness (QED) is 0.373. The van der Waals surface area contributed by atoms with Crippen molar-refractivity contribution in [2.75, 3.05) is 19.0 Å². The zero-order valence-corrected chi connectivity index (χ0v) is 19.8. The number of benzene rings is 2. The number of hydrogen-bond donors (Lipinski definition) is 2. The summed E-state index contributed by atoms with van der Waals surface area (Å²) < 4.78 is 5.68. The molecule has 0 aliphatic rings. The second-order valence-corrected chi connectivity index (χ2v) is 8.22. The minimum atomic E-state index is -0.305. The SMILES string of the molecule is CCCCOc1ccc(C(C)C(=O)Nc2ccc(C(=N)CC(C)N(C)C(C)=O)cc2)cc1. The Morgan fingerprint density at radius 2 is 1.69 bits per heavy atom. The van der Waals surface area contributed by atoms with Crippen LogP contribution in [0.1, 0.15) is 64.0 Å². The Labute approximate surface area is 191 Å². The summed E-state index contributed by atoms with van der Waals surface area (Å²) in [6, 6.07) is 14.9. The van der Waals surface area contributed by atoms with Gasteiger partial charge in [-0.05, 0) is 55.7 Å². The third-order valence-electron chi connectivity index (χ3n) is 5.70. The van der Waals surface area contributed by atoms with Crippen LogP contribution in [0.5, 0.6) is 5.75 Å². The minimum Gasteiger partial charge on any atom is -0.494 e. The highest BCUT2D eigenvalue weighted by Gasteiger charge is 2.17. The molecule has 0 heterocycles. The van der Waals surface area contributed by atoms with Crippen LogP contribution in [0, 0.1) is 5.41 Å². The lowest BCUT2D eigenvalue weighted by Gasteiger charge is -2.23. The highest BCUT2D eigenvalue weighted by atomic mass is 16.5. The molecule has 2 amide bonds. The number of nitrogens with one attached hydrogen (secondary N) is 2. The van der Waals surface area contributed by atoms with Crippen molar-refractivity contribution in [2.24, 2.45) is 0 Å². The lowest BCUT2D eigenvalue weighted by atomic mass is 10.00. The molecule has 0 aromatic heterocycles. The Kier molecular flexibility index (Phi) is 9.44. The third-order valence-corrected chi connectivity index (χ3v) is 5.70. The molecule has 6 heteroatoms. The second-order valence-electron chi connectivity index (χ2n) is 8.22. The Morgan fingerprint density at radius 3 is 2.25 bits per heavy atom. The fraction of sp³-hybridized carbons (Fsp3) is 0.423. The molecule has 0 saturated heterocycles. The molecular weight excluding hydrogens is 402 g/mol. The van der Waals surface area contributed by atoms with Crippen LogP contribution in [0.4, 0.5) is 5.69 Å². The number of ether oxygens (including phenoxy) is 1. The first-order chi connectivity index (χ1) is 15.2. The van der Waals surface area contributed by atoms with E-state index in [-0.39, 0.29) is 23.8 Å². The zero-order chi connectivity index (χ0) is 23.7. The smallest absolute Gasteiger partial charge is 0.231 e. The zero-order valence-electron chi connectivity index (χ0n) is 19.8. The molecule has 172 valence electrons. The maximum absolute atomic E-state index is 12.7. The molecule has 2 aromatic carbocycles. The van der Waals surface area contributed by atoms with Crippen LogP contribution in [0.3, 0.4) is 0 Å². The van der Waals surface area contributed by atoms with Gasteiger partial charge in [0.2, 0.25) is 11.8 Å². The van der Waals surface area contributed by atoms with E-state index in [2.05, 4.69) is 12.2 Å². The van der Waals surface area contributed by atoms with E-state index in [0.29, 0.717) is 24.4 Å². The van der Waals surface area contributed by atoms with Crippen molar-refractivity contribution in [3.05, 3.63) is 59.7 Å². The lowest BCUT2D eigenvalue weighted by molar-refractivity contribution is -0.129. The summed E-state index contributed by atoms with van der Waals surface area (Å²) in [4.78, 5) is 25.8. The first-order valence-electron chi connectivity index (χ1n) is 11.2. The predicted octanol–water partition coefficient (Wildman–Crippen LogP) is 5.23. The average molecular weight is 438 g/mol. The van der Waals surface area contributed by atoms with Gasteiger partial charge in [0, 0.05) is 37.8 Å². The van der Waals surface area contributed by atoms with Crippen LogP contribution in [0.15, 0.2) is 48.5 Å². The third kappa shape index (κ3) is 7.22. The molecular formula is C26H35N3O3. The molecule has 2 N–H and O–H groups in total. The maximum atomic E-state index is 12.7.